The van der Waals surface area contributed by atoms with Crippen LogP contribution in [0.5, 0.6) is 0 Å². The highest BCUT2D eigenvalue weighted by atomic mass is 32.2. The van der Waals surface area contributed by atoms with Gasteiger partial charge in [0.2, 0.25) is 0 Å². The fraction of sp³-hybridized carbons (Fsp3) is 0.364. The van der Waals surface area contributed by atoms with Crippen LogP contribution in [-0.2, 0) is 15.3 Å². The van der Waals surface area contributed by atoms with Crippen molar-refractivity contribution in [3.05, 3.63) is 36.3 Å². The highest BCUT2D eigenvalue weighted by Crippen LogP contribution is 2.15. The molecule has 0 bridgehead atoms. The largest absolute Gasteiger partial charge is 0.468 e. The molecule has 0 saturated heterocycles. The molecule has 0 N–H and O–H groups in total. The Balaban J connectivity index is 2.20. The van der Waals surface area contributed by atoms with E-state index in [1.807, 2.05) is 12.1 Å². The van der Waals surface area contributed by atoms with E-state index in [0.717, 1.165) is 11.5 Å². The summed E-state index contributed by atoms with van der Waals surface area (Å²) in [6.45, 7) is 5.83. The molecule has 15 heavy (non-hydrogen) atoms. The maximum absolute atomic E-state index is 11.2. The van der Waals surface area contributed by atoms with Crippen LogP contribution in [0.2, 0.25) is 0 Å². The number of esters is 1. The Morgan fingerprint density at radius 1 is 1.67 bits per heavy atom. The molecular weight excluding hydrogens is 212 g/mol. The lowest BCUT2D eigenvalue weighted by atomic mass is 10.4. The van der Waals surface area contributed by atoms with Crippen molar-refractivity contribution < 1.29 is 13.9 Å². The Kier molecular flexibility index (Phi) is 5.04. The van der Waals surface area contributed by atoms with Crippen LogP contribution >= 0.6 is 11.8 Å². The fourth-order valence-corrected chi connectivity index (χ4v) is 1.79. The van der Waals surface area contributed by atoms with Gasteiger partial charge in [0.25, 0.3) is 0 Å². The van der Waals surface area contributed by atoms with Gasteiger partial charge in [-0.05, 0) is 19.1 Å². The Bertz CT molecular complexity index is 317. The van der Waals surface area contributed by atoms with E-state index in [4.69, 9.17) is 9.15 Å². The molecule has 0 aromatic carbocycles. The maximum atomic E-state index is 11.2. The van der Waals surface area contributed by atoms with Crippen molar-refractivity contribution in [3.63, 3.8) is 0 Å². The molecule has 0 fully saturated rings. The molecule has 0 aliphatic carbocycles. The molecule has 1 rings (SSSR count). The summed E-state index contributed by atoms with van der Waals surface area (Å²) in [7, 11) is 0. The van der Waals surface area contributed by atoms with E-state index in [1.54, 1.807) is 24.9 Å². The van der Waals surface area contributed by atoms with Crippen LogP contribution in [0.4, 0.5) is 0 Å². The van der Waals surface area contributed by atoms with E-state index in [-0.39, 0.29) is 5.97 Å². The van der Waals surface area contributed by atoms with Crippen molar-refractivity contribution in [1.82, 2.24) is 0 Å². The molecule has 3 nitrogen and oxygen atoms in total. The molecular formula is C11H14O3S. The molecule has 4 heteroatoms. The molecule has 0 aliphatic heterocycles. The predicted molar refractivity (Wildman–Crippen MR) is 60.6 cm³/mol. The lowest BCUT2D eigenvalue weighted by molar-refractivity contribution is -0.138. The second-order valence-electron chi connectivity index (χ2n) is 2.90. The van der Waals surface area contributed by atoms with Gasteiger partial charge < -0.3 is 9.15 Å². The molecule has 1 aromatic heterocycles. The van der Waals surface area contributed by atoms with E-state index >= 15 is 0 Å². The summed E-state index contributed by atoms with van der Waals surface area (Å²) in [6.07, 6.45) is 1.63. The molecule has 82 valence electrons. The molecule has 0 amide bonds. The first-order valence-electron chi connectivity index (χ1n) is 4.69. The first-order chi connectivity index (χ1) is 7.24. The predicted octanol–water partition coefficient (Wildman–Crippen LogP) is 2.63. The monoisotopic (exact) mass is 226 g/mol. The van der Waals surface area contributed by atoms with Crippen LogP contribution < -0.4 is 0 Å². The second kappa shape index (κ2) is 6.35. The van der Waals surface area contributed by atoms with Crippen LogP contribution in [0.25, 0.3) is 0 Å². The van der Waals surface area contributed by atoms with Gasteiger partial charge in [-0.3, -0.25) is 0 Å². The summed E-state index contributed by atoms with van der Waals surface area (Å²) in [4.78, 5) is 11.2. The summed E-state index contributed by atoms with van der Waals surface area (Å²) in [5.41, 5.74) is 0.494. The van der Waals surface area contributed by atoms with E-state index in [2.05, 4.69) is 6.58 Å². The van der Waals surface area contributed by atoms with E-state index in [0.29, 0.717) is 17.9 Å². The van der Waals surface area contributed by atoms with Crippen LogP contribution in [-0.4, -0.2) is 18.3 Å². The van der Waals surface area contributed by atoms with Gasteiger partial charge in [0.05, 0.1) is 18.6 Å². The lowest BCUT2D eigenvalue weighted by Crippen LogP contribution is -2.08. The molecule has 0 unspecified atom stereocenters. The lowest BCUT2D eigenvalue weighted by Gasteiger charge is -2.03. The summed E-state index contributed by atoms with van der Waals surface area (Å²) >= 11 is 1.58. The molecule has 0 radical (unpaired) electrons. The van der Waals surface area contributed by atoms with Crippen molar-refractivity contribution in [2.24, 2.45) is 0 Å². The molecule has 0 spiro atoms. The molecule has 0 aliphatic rings. The third-order valence-electron chi connectivity index (χ3n) is 1.66. The number of hydrogen-bond acceptors (Lipinski definition) is 4. The van der Waals surface area contributed by atoms with E-state index in [1.165, 1.54) is 0 Å². The zero-order valence-corrected chi connectivity index (χ0v) is 9.51. The molecule has 1 heterocycles. The maximum Gasteiger partial charge on any atom is 0.334 e. The number of thioether (sulfide) groups is 1. The van der Waals surface area contributed by atoms with Crippen molar-refractivity contribution >= 4 is 17.7 Å². The second-order valence-corrected chi connectivity index (χ2v) is 3.88. The average molecular weight is 226 g/mol. The minimum absolute atomic E-state index is 0.315. The Hall–Kier alpha value is -1.16. The summed E-state index contributed by atoms with van der Waals surface area (Å²) < 4.78 is 9.97. The van der Waals surface area contributed by atoms with Crippen molar-refractivity contribution in [2.75, 3.05) is 12.4 Å². The number of ether oxygens (including phenoxy) is 1. The van der Waals surface area contributed by atoms with Gasteiger partial charge >= 0.3 is 5.97 Å². The minimum Gasteiger partial charge on any atom is -0.468 e. The van der Waals surface area contributed by atoms with Gasteiger partial charge in [0.15, 0.2) is 0 Å². The highest BCUT2D eigenvalue weighted by molar-refractivity contribution is 7.98. The number of furan rings is 1. The van der Waals surface area contributed by atoms with Crippen LogP contribution in [0.3, 0.4) is 0 Å². The van der Waals surface area contributed by atoms with Gasteiger partial charge in [-0.25, -0.2) is 4.79 Å². The zero-order chi connectivity index (χ0) is 11.1. The van der Waals surface area contributed by atoms with Crippen molar-refractivity contribution in [2.45, 2.75) is 12.7 Å². The zero-order valence-electron chi connectivity index (χ0n) is 8.69. The van der Waals surface area contributed by atoms with Crippen LogP contribution in [0, 0.1) is 0 Å². The normalized spacial score (nSPS) is 9.93. The van der Waals surface area contributed by atoms with Crippen LogP contribution in [0.1, 0.15) is 12.7 Å². The first kappa shape index (κ1) is 11.9. The average Bonchev–Trinajstić information content (AvgIpc) is 2.71. The summed E-state index contributed by atoms with van der Waals surface area (Å²) in [6, 6.07) is 3.75. The quantitative estimate of drug-likeness (QED) is 0.552. The number of carbonyl (C=O) groups excluding carboxylic acids is 1. The first-order valence-corrected chi connectivity index (χ1v) is 5.84. The van der Waals surface area contributed by atoms with Gasteiger partial charge in [-0.15, -0.1) is 11.8 Å². The van der Waals surface area contributed by atoms with Crippen molar-refractivity contribution in [1.29, 1.82) is 0 Å². The van der Waals surface area contributed by atoms with Gasteiger partial charge in [0, 0.05) is 11.3 Å². The third-order valence-corrected chi connectivity index (χ3v) is 2.71. The summed E-state index contributed by atoms with van der Waals surface area (Å²) in [5, 5.41) is 0. The van der Waals surface area contributed by atoms with E-state index < -0.39 is 0 Å². The molecule has 1 aromatic rings. The van der Waals surface area contributed by atoms with Gasteiger partial charge in [-0.2, -0.15) is 0 Å². The smallest absolute Gasteiger partial charge is 0.334 e. The topological polar surface area (TPSA) is 39.4 Å². The molecule has 0 atom stereocenters. The Morgan fingerprint density at radius 3 is 3.07 bits per heavy atom. The fourth-order valence-electron chi connectivity index (χ4n) is 0.962. The van der Waals surface area contributed by atoms with Crippen LogP contribution in [0.15, 0.2) is 35.0 Å². The highest BCUT2D eigenvalue weighted by Gasteiger charge is 2.07. The number of hydrogen-bond donors (Lipinski definition) is 0. The molecule has 0 saturated carbocycles. The van der Waals surface area contributed by atoms with Crippen molar-refractivity contribution in [3.8, 4) is 0 Å². The SMILES string of the molecule is C=C(CSCc1ccco1)C(=O)OCC. The van der Waals surface area contributed by atoms with Gasteiger partial charge in [0.1, 0.15) is 5.76 Å². The Morgan fingerprint density at radius 2 is 2.47 bits per heavy atom. The minimum atomic E-state index is -0.315. The van der Waals surface area contributed by atoms with Gasteiger partial charge in [-0.1, -0.05) is 6.58 Å². The van der Waals surface area contributed by atoms with E-state index in [9.17, 15) is 4.79 Å². The third kappa shape index (κ3) is 4.25. The number of rotatable bonds is 6. The Labute approximate surface area is 93.5 Å². The summed E-state index contributed by atoms with van der Waals surface area (Å²) in [5.74, 6) is 1.89. The standard InChI is InChI=1S/C11H14O3S/c1-3-13-11(12)9(2)7-15-8-10-5-4-6-14-10/h4-6H,2-3,7-8H2,1H3. The number of carbonyl (C=O) groups is 1.